The minimum absolute atomic E-state index is 0.310. The van der Waals surface area contributed by atoms with Crippen LogP contribution in [0.15, 0.2) is 42.5 Å². The molecule has 0 unspecified atom stereocenters. The van der Waals surface area contributed by atoms with Gasteiger partial charge in [-0.1, -0.05) is 12.1 Å². The highest BCUT2D eigenvalue weighted by Crippen LogP contribution is 2.34. The standard InChI is InChI=1S/C17H20N2O4/c1-19(12-9-10-15(21-2)16(11-12)22-3)14-8-6-5-7-13(14)17(20)18-23-4/h5-11H,1-4H3,(H,18,20). The minimum Gasteiger partial charge on any atom is -0.493 e. The maximum Gasteiger partial charge on any atom is 0.276 e. The number of benzene rings is 2. The first-order valence-corrected chi connectivity index (χ1v) is 7.00. The van der Waals surface area contributed by atoms with Crippen molar-refractivity contribution >= 4 is 17.3 Å². The number of anilines is 2. The van der Waals surface area contributed by atoms with Gasteiger partial charge >= 0.3 is 0 Å². The topological polar surface area (TPSA) is 60.0 Å². The third kappa shape index (κ3) is 3.54. The van der Waals surface area contributed by atoms with Crippen molar-refractivity contribution in [1.29, 1.82) is 0 Å². The van der Waals surface area contributed by atoms with Gasteiger partial charge in [0.2, 0.25) is 0 Å². The number of nitrogens with one attached hydrogen (secondary N) is 1. The lowest BCUT2D eigenvalue weighted by Gasteiger charge is -2.23. The Morgan fingerprint density at radius 1 is 1.00 bits per heavy atom. The molecular formula is C17H20N2O4. The van der Waals surface area contributed by atoms with Crippen molar-refractivity contribution in [3.05, 3.63) is 48.0 Å². The van der Waals surface area contributed by atoms with Crippen molar-refractivity contribution in [2.45, 2.75) is 0 Å². The number of hydrogen-bond acceptors (Lipinski definition) is 5. The molecule has 0 aromatic heterocycles. The van der Waals surface area contributed by atoms with Crippen LogP contribution in [0.4, 0.5) is 11.4 Å². The van der Waals surface area contributed by atoms with Gasteiger partial charge in [-0.15, -0.1) is 0 Å². The SMILES string of the molecule is CONC(=O)c1ccccc1N(C)c1ccc(OC)c(OC)c1. The predicted octanol–water partition coefficient (Wildman–Crippen LogP) is 2.76. The van der Waals surface area contributed by atoms with Gasteiger partial charge in [0.25, 0.3) is 5.91 Å². The minimum atomic E-state index is -0.310. The van der Waals surface area contributed by atoms with Gasteiger partial charge in [-0.3, -0.25) is 9.63 Å². The summed E-state index contributed by atoms with van der Waals surface area (Å²) in [6.07, 6.45) is 0. The number of hydroxylamine groups is 1. The molecule has 6 heteroatoms. The summed E-state index contributed by atoms with van der Waals surface area (Å²) in [5.74, 6) is 0.959. The monoisotopic (exact) mass is 316 g/mol. The molecule has 23 heavy (non-hydrogen) atoms. The Morgan fingerprint density at radius 2 is 1.70 bits per heavy atom. The number of rotatable bonds is 6. The van der Waals surface area contributed by atoms with Gasteiger partial charge in [0, 0.05) is 18.8 Å². The number of methoxy groups -OCH3 is 2. The maximum atomic E-state index is 12.1. The number of nitrogens with zero attached hydrogens (tertiary/aromatic N) is 1. The molecule has 2 aromatic rings. The van der Waals surface area contributed by atoms with Gasteiger partial charge in [0.05, 0.1) is 32.6 Å². The summed E-state index contributed by atoms with van der Waals surface area (Å²) in [7, 11) is 6.45. The summed E-state index contributed by atoms with van der Waals surface area (Å²) in [6, 6.07) is 12.8. The van der Waals surface area contributed by atoms with E-state index in [9.17, 15) is 4.79 Å². The number of carbonyl (C=O) groups excluding carboxylic acids is 1. The van der Waals surface area contributed by atoms with E-state index < -0.39 is 0 Å². The Labute approximate surface area is 135 Å². The molecule has 0 heterocycles. The van der Waals surface area contributed by atoms with Crippen LogP contribution in [-0.4, -0.2) is 34.3 Å². The lowest BCUT2D eigenvalue weighted by molar-refractivity contribution is 0.0538. The second kappa shape index (κ2) is 7.51. The summed E-state index contributed by atoms with van der Waals surface area (Å²) in [5, 5.41) is 0. The second-order valence-electron chi connectivity index (χ2n) is 4.75. The highest BCUT2D eigenvalue weighted by molar-refractivity contribution is 6.00. The quantitative estimate of drug-likeness (QED) is 0.830. The summed E-state index contributed by atoms with van der Waals surface area (Å²) in [6.45, 7) is 0. The summed E-state index contributed by atoms with van der Waals surface area (Å²) < 4.78 is 10.6. The van der Waals surface area contributed by atoms with Crippen LogP contribution in [0.2, 0.25) is 0 Å². The fourth-order valence-corrected chi connectivity index (χ4v) is 2.28. The molecular weight excluding hydrogens is 296 g/mol. The van der Waals surface area contributed by atoms with Crippen molar-refractivity contribution in [1.82, 2.24) is 5.48 Å². The van der Waals surface area contributed by atoms with Gasteiger partial charge in [-0.2, -0.15) is 0 Å². The fourth-order valence-electron chi connectivity index (χ4n) is 2.28. The van der Waals surface area contributed by atoms with Crippen LogP contribution in [0.1, 0.15) is 10.4 Å². The Balaban J connectivity index is 2.41. The van der Waals surface area contributed by atoms with Crippen LogP contribution in [0.25, 0.3) is 0 Å². The largest absolute Gasteiger partial charge is 0.493 e. The number of hydrogen-bond donors (Lipinski definition) is 1. The second-order valence-corrected chi connectivity index (χ2v) is 4.75. The predicted molar refractivity (Wildman–Crippen MR) is 88.5 cm³/mol. The molecule has 0 atom stereocenters. The van der Waals surface area contributed by atoms with Gasteiger partial charge in [0.1, 0.15) is 0 Å². The van der Waals surface area contributed by atoms with E-state index in [1.165, 1.54) is 7.11 Å². The lowest BCUT2D eigenvalue weighted by atomic mass is 10.1. The van der Waals surface area contributed by atoms with E-state index in [4.69, 9.17) is 14.3 Å². The van der Waals surface area contributed by atoms with E-state index in [-0.39, 0.29) is 5.91 Å². The van der Waals surface area contributed by atoms with Crippen LogP contribution >= 0.6 is 0 Å². The molecule has 0 radical (unpaired) electrons. The highest BCUT2D eigenvalue weighted by Gasteiger charge is 2.16. The average molecular weight is 316 g/mol. The molecule has 2 rings (SSSR count). The fraction of sp³-hybridized carbons (Fsp3) is 0.235. The molecule has 0 aliphatic heterocycles. The number of para-hydroxylation sites is 1. The Bertz CT molecular complexity index is 688. The molecule has 0 aliphatic rings. The Morgan fingerprint density at radius 3 is 2.35 bits per heavy atom. The number of carbonyl (C=O) groups is 1. The van der Waals surface area contributed by atoms with E-state index in [1.807, 2.05) is 42.3 Å². The van der Waals surface area contributed by atoms with Crippen LogP contribution in [0, 0.1) is 0 Å². The highest BCUT2D eigenvalue weighted by atomic mass is 16.6. The van der Waals surface area contributed by atoms with Crippen molar-refractivity contribution in [2.75, 3.05) is 33.3 Å². The molecule has 0 spiro atoms. The van der Waals surface area contributed by atoms with Gasteiger partial charge in [-0.05, 0) is 24.3 Å². The van der Waals surface area contributed by atoms with E-state index in [2.05, 4.69) is 5.48 Å². The van der Waals surface area contributed by atoms with E-state index in [0.29, 0.717) is 17.1 Å². The maximum absolute atomic E-state index is 12.1. The van der Waals surface area contributed by atoms with Crippen molar-refractivity contribution in [3.63, 3.8) is 0 Å². The van der Waals surface area contributed by atoms with Crippen molar-refractivity contribution in [3.8, 4) is 11.5 Å². The molecule has 6 nitrogen and oxygen atoms in total. The molecule has 0 aliphatic carbocycles. The zero-order chi connectivity index (χ0) is 16.8. The zero-order valence-corrected chi connectivity index (χ0v) is 13.6. The smallest absolute Gasteiger partial charge is 0.276 e. The molecule has 1 N–H and O–H groups in total. The molecule has 2 aromatic carbocycles. The van der Waals surface area contributed by atoms with Gasteiger partial charge in [-0.25, -0.2) is 5.48 Å². The van der Waals surface area contributed by atoms with E-state index in [1.54, 1.807) is 26.4 Å². The van der Waals surface area contributed by atoms with Gasteiger partial charge in [0.15, 0.2) is 11.5 Å². The molecule has 0 fully saturated rings. The Hall–Kier alpha value is -2.73. The van der Waals surface area contributed by atoms with Crippen molar-refractivity contribution in [2.24, 2.45) is 0 Å². The third-order valence-electron chi connectivity index (χ3n) is 3.46. The van der Waals surface area contributed by atoms with Crippen molar-refractivity contribution < 1.29 is 19.1 Å². The molecule has 0 saturated heterocycles. The van der Waals surface area contributed by atoms with Crippen LogP contribution < -0.4 is 19.9 Å². The van der Waals surface area contributed by atoms with Crippen LogP contribution in [0.5, 0.6) is 11.5 Å². The first-order chi connectivity index (χ1) is 11.1. The van der Waals surface area contributed by atoms with Gasteiger partial charge < -0.3 is 14.4 Å². The molecule has 122 valence electrons. The lowest BCUT2D eigenvalue weighted by Crippen LogP contribution is -2.24. The van der Waals surface area contributed by atoms with Crippen LogP contribution in [-0.2, 0) is 4.84 Å². The average Bonchev–Trinajstić information content (AvgIpc) is 2.60. The normalized spacial score (nSPS) is 10.1. The number of amides is 1. The Kier molecular flexibility index (Phi) is 5.43. The summed E-state index contributed by atoms with van der Waals surface area (Å²) in [4.78, 5) is 18.7. The van der Waals surface area contributed by atoms with Crippen LogP contribution in [0.3, 0.4) is 0 Å². The first kappa shape index (κ1) is 16.6. The summed E-state index contributed by atoms with van der Waals surface area (Å²) >= 11 is 0. The zero-order valence-electron chi connectivity index (χ0n) is 13.6. The van der Waals surface area contributed by atoms with E-state index in [0.717, 1.165) is 11.4 Å². The summed E-state index contributed by atoms with van der Waals surface area (Å²) in [5.41, 5.74) is 4.45. The molecule has 0 saturated carbocycles. The molecule has 1 amide bonds. The van der Waals surface area contributed by atoms with E-state index >= 15 is 0 Å². The first-order valence-electron chi connectivity index (χ1n) is 7.00. The number of ether oxygens (including phenoxy) is 2. The third-order valence-corrected chi connectivity index (χ3v) is 3.46. The molecule has 0 bridgehead atoms.